The molecule has 0 saturated carbocycles. The zero-order valence-corrected chi connectivity index (χ0v) is 9.66. The second-order valence-corrected chi connectivity index (χ2v) is 5.35. The van der Waals surface area contributed by atoms with E-state index in [0.717, 1.165) is 26.1 Å². The Morgan fingerprint density at radius 2 is 2.20 bits per heavy atom. The van der Waals surface area contributed by atoms with E-state index in [-0.39, 0.29) is 6.09 Å². The fraction of sp³-hybridized carbons (Fsp3) is 0.909. The number of ether oxygens (including phenoxy) is 2. The summed E-state index contributed by atoms with van der Waals surface area (Å²) in [5.41, 5.74) is -0.399. The second-order valence-electron chi connectivity index (χ2n) is 5.35. The number of hydrogen-bond donors (Lipinski definition) is 0. The lowest BCUT2D eigenvalue weighted by Gasteiger charge is -2.45. The molecule has 4 heteroatoms. The minimum absolute atomic E-state index is 0.187. The maximum absolute atomic E-state index is 11.8. The molecule has 0 unspecified atom stereocenters. The van der Waals surface area contributed by atoms with Crippen LogP contribution in [0.1, 0.15) is 27.2 Å². The van der Waals surface area contributed by atoms with Crippen LogP contribution in [-0.4, -0.2) is 42.4 Å². The summed E-state index contributed by atoms with van der Waals surface area (Å²) in [5, 5.41) is 0. The van der Waals surface area contributed by atoms with Crippen LogP contribution in [0.3, 0.4) is 0 Å². The van der Waals surface area contributed by atoms with Gasteiger partial charge in [0, 0.05) is 19.0 Å². The van der Waals surface area contributed by atoms with Gasteiger partial charge in [0.1, 0.15) is 5.60 Å². The highest BCUT2D eigenvalue weighted by molar-refractivity contribution is 5.68. The number of likely N-dealkylation sites (tertiary alicyclic amines) is 1. The Kier molecular flexibility index (Phi) is 2.63. The first-order valence-corrected chi connectivity index (χ1v) is 5.55. The first kappa shape index (κ1) is 10.7. The third kappa shape index (κ3) is 2.43. The summed E-state index contributed by atoms with van der Waals surface area (Å²) in [4.78, 5) is 13.6. The molecule has 2 heterocycles. The molecular formula is C11H19NO3. The monoisotopic (exact) mass is 213 g/mol. The molecule has 0 spiro atoms. The quantitative estimate of drug-likeness (QED) is 0.614. The van der Waals surface area contributed by atoms with Gasteiger partial charge < -0.3 is 14.4 Å². The molecule has 0 aromatic carbocycles. The Hall–Kier alpha value is -0.770. The number of rotatable bonds is 0. The van der Waals surface area contributed by atoms with Crippen molar-refractivity contribution in [3.63, 3.8) is 0 Å². The van der Waals surface area contributed by atoms with Crippen LogP contribution in [0.15, 0.2) is 0 Å². The zero-order valence-electron chi connectivity index (χ0n) is 9.66. The molecule has 2 rings (SSSR count). The predicted molar refractivity (Wildman–Crippen MR) is 55.7 cm³/mol. The molecule has 1 amide bonds. The van der Waals surface area contributed by atoms with E-state index in [1.807, 2.05) is 20.8 Å². The lowest BCUT2D eigenvalue weighted by Crippen LogP contribution is -2.55. The van der Waals surface area contributed by atoms with Crippen LogP contribution in [0.5, 0.6) is 0 Å². The van der Waals surface area contributed by atoms with E-state index in [1.54, 1.807) is 4.90 Å². The molecular weight excluding hydrogens is 194 g/mol. The number of carbonyl (C=O) groups excluding carboxylic acids is 1. The van der Waals surface area contributed by atoms with Crippen molar-refractivity contribution >= 4 is 6.09 Å². The SMILES string of the molecule is CC(C)(C)OC(=O)N1CC[C@@H]2OC[C@@H]2C1. The Labute approximate surface area is 90.5 Å². The summed E-state index contributed by atoms with van der Waals surface area (Å²) >= 11 is 0. The van der Waals surface area contributed by atoms with Crippen LogP contribution in [-0.2, 0) is 9.47 Å². The molecule has 0 aromatic heterocycles. The van der Waals surface area contributed by atoms with Crippen molar-refractivity contribution in [3.05, 3.63) is 0 Å². The van der Waals surface area contributed by atoms with E-state index < -0.39 is 5.60 Å². The normalized spacial score (nSPS) is 30.5. The van der Waals surface area contributed by atoms with Crippen LogP contribution in [0, 0.1) is 5.92 Å². The lowest BCUT2D eigenvalue weighted by atomic mass is 9.91. The van der Waals surface area contributed by atoms with E-state index in [1.165, 1.54) is 0 Å². The smallest absolute Gasteiger partial charge is 0.410 e. The zero-order chi connectivity index (χ0) is 11.1. The molecule has 4 nitrogen and oxygen atoms in total. The number of fused-ring (bicyclic) bond motifs is 1. The van der Waals surface area contributed by atoms with Crippen LogP contribution in [0.25, 0.3) is 0 Å². The van der Waals surface area contributed by atoms with Gasteiger partial charge in [0.2, 0.25) is 0 Å². The van der Waals surface area contributed by atoms with E-state index >= 15 is 0 Å². The maximum atomic E-state index is 11.8. The minimum Gasteiger partial charge on any atom is -0.444 e. The van der Waals surface area contributed by atoms with E-state index in [2.05, 4.69) is 0 Å². The van der Waals surface area contributed by atoms with Gasteiger partial charge in [-0.05, 0) is 27.2 Å². The summed E-state index contributed by atoms with van der Waals surface area (Å²) < 4.78 is 10.7. The molecule has 2 aliphatic rings. The molecule has 2 atom stereocenters. The van der Waals surface area contributed by atoms with Gasteiger partial charge >= 0.3 is 6.09 Å². The molecule has 0 bridgehead atoms. The van der Waals surface area contributed by atoms with Gasteiger partial charge in [-0.15, -0.1) is 0 Å². The number of amides is 1. The molecule has 2 aliphatic heterocycles. The van der Waals surface area contributed by atoms with Gasteiger partial charge in [-0.25, -0.2) is 4.79 Å². The first-order chi connectivity index (χ1) is 6.96. The predicted octanol–water partition coefficient (Wildman–Crippen LogP) is 1.64. The second kappa shape index (κ2) is 3.67. The fourth-order valence-corrected chi connectivity index (χ4v) is 2.01. The lowest BCUT2D eigenvalue weighted by molar-refractivity contribution is -0.146. The van der Waals surface area contributed by atoms with Crippen molar-refractivity contribution in [1.29, 1.82) is 0 Å². The van der Waals surface area contributed by atoms with Crippen LogP contribution in [0.4, 0.5) is 4.79 Å². The number of hydrogen-bond acceptors (Lipinski definition) is 3. The minimum atomic E-state index is -0.399. The van der Waals surface area contributed by atoms with Crippen LogP contribution >= 0.6 is 0 Å². The number of carbonyl (C=O) groups is 1. The van der Waals surface area contributed by atoms with Crippen molar-refractivity contribution in [2.24, 2.45) is 5.92 Å². The van der Waals surface area contributed by atoms with Crippen molar-refractivity contribution in [2.75, 3.05) is 19.7 Å². The van der Waals surface area contributed by atoms with E-state index in [4.69, 9.17) is 9.47 Å². The van der Waals surface area contributed by atoms with E-state index in [9.17, 15) is 4.79 Å². The van der Waals surface area contributed by atoms with Gasteiger partial charge in [0.15, 0.2) is 0 Å². The summed E-state index contributed by atoms with van der Waals surface area (Å²) in [7, 11) is 0. The van der Waals surface area contributed by atoms with Gasteiger partial charge in [-0.3, -0.25) is 0 Å². The van der Waals surface area contributed by atoms with Crippen LogP contribution < -0.4 is 0 Å². The summed E-state index contributed by atoms with van der Waals surface area (Å²) in [6.07, 6.45) is 1.15. The van der Waals surface area contributed by atoms with Gasteiger partial charge in [0.25, 0.3) is 0 Å². The van der Waals surface area contributed by atoms with Crippen LogP contribution in [0.2, 0.25) is 0 Å². The van der Waals surface area contributed by atoms with Crippen molar-refractivity contribution in [3.8, 4) is 0 Å². The molecule has 0 N–H and O–H groups in total. The van der Waals surface area contributed by atoms with Gasteiger partial charge in [-0.2, -0.15) is 0 Å². The molecule has 0 radical (unpaired) electrons. The molecule has 2 saturated heterocycles. The topological polar surface area (TPSA) is 38.8 Å². The van der Waals surface area contributed by atoms with E-state index in [0.29, 0.717) is 12.0 Å². The summed E-state index contributed by atoms with van der Waals surface area (Å²) in [6.45, 7) is 8.03. The number of nitrogens with zero attached hydrogens (tertiary/aromatic N) is 1. The van der Waals surface area contributed by atoms with Crippen molar-refractivity contribution < 1.29 is 14.3 Å². The van der Waals surface area contributed by atoms with Crippen molar-refractivity contribution in [2.45, 2.75) is 38.9 Å². The Bertz CT molecular complexity index is 259. The maximum Gasteiger partial charge on any atom is 0.410 e. The average molecular weight is 213 g/mol. The largest absolute Gasteiger partial charge is 0.444 e. The highest BCUT2D eigenvalue weighted by Crippen LogP contribution is 2.29. The Morgan fingerprint density at radius 1 is 1.47 bits per heavy atom. The first-order valence-electron chi connectivity index (χ1n) is 5.55. The summed E-state index contributed by atoms with van der Waals surface area (Å²) in [6, 6.07) is 0. The third-order valence-corrected chi connectivity index (χ3v) is 2.84. The average Bonchev–Trinajstić information content (AvgIpc) is 2.04. The molecule has 0 aliphatic carbocycles. The third-order valence-electron chi connectivity index (χ3n) is 2.84. The molecule has 15 heavy (non-hydrogen) atoms. The van der Waals surface area contributed by atoms with Gasteiger partial charge in [-0.1, -0.05) is 0 Å². The van der Waals surface area contributed by atoms with Gasteiger partial charge in [0.05, 0.1) is 12.7 Å². The highest BCUT2D eigenvalue weighted by atomic mass is 16.6. The molecule has 0 aromatic rings. The molecule has 86 valence electrons. The standard InChI is InChI=1S/C11H19NO3/c1-11(2,3)15-10(13)12-5-4-9-8(6-12)7-14-9/h8-9H,4-7H2,1-3H3/t8-,9-/m0/s1. The Morgan fingerprint density at radius 3 is 2.67 bits per heavy atom. The fourth-order valence-electron chi connectivity index (χ4n) is 2.01. The van der Waals surface area contributed by atoms with Crippen molar-refractivity contribution in [1.82, 2.24) is 4.90 Å². The Balaban J connectivity index is 1.86. The molecule has 2 fully saturated rings. The highest BCUT2D eigenvalue weighted by Gasteiger charge is 2.39. The number of piperidine rings is 1. The summed E-state index contributed by atoms with van der Waals surface area (Å²) in [5.74, 6) is 0.534.